The number of hydrazine groups is 1. The SMILES string of the molecule is CCc1ccc(CC(NN)C2CCCC(C(F)(F)F)C2)s1. The van der Waals surface area contributed by atoms with Crippen LogP contribution in [0.15, 0.2) is 12.1 Å². The van der Waals surface area contributed by atoms with Crippen molar-refractivity contribution in [2.75, 3.05) is 0 Å². The minimum atomic E-state index is -4.07. The van der Waals surface area contributed by atoms with Gasteiger partial charge in [0.25, 0.3) is 0 Å². The molecule has 1 saturated carbocycles. The molecular weight excluding hydrogens is 297 g/mol. The highest BCUT2D eigenvalue weighted by atomic mass is 32.1. The molecule has 0 aliphatic heterocycles. The predicted molar refractivity (Wildman–Crippen MR) is 80.0 cm³/mol. The number of halogens is 3. The Balaban J connectivity index is 1.99. The lowest BCUT2D eigenvalue weighted by Gasteiger charge is -2.35. The Morgan fingerprint density at radius 3 is 2.62 bits per heavy atom. The van der Waals surface area contributed by atoms with Crippen LogP contribution in [-0.2, 0) is 12.8 Å². The second-order valence-corrected chi connectivity index (χ2v) is 7.12. The summed E-state index contributed by atoms with van der Waals surface area (Å²) < 4.78 is 38.7. The van der Waals surface area contributed by atoms with Crippen molar-refractivity contribution < 1.29 is 13.2 Å². The minimum absolute atomic E-state index is 0.00236. The number of alkyl halides is 3. The van der Waals surface area contributed by atoms with Gasteiger partial charge < -0.3 is 0 Å². The molecule has 1 aromatic rings. The molecule has 0 amide bonds. The van der Waals surface area contributed by atoms with Crippen LogP contribution >= 0.6 is 11.3 Å². The molecule has 0 radical (unpaired) electrons. The van der Waals surface area contributed by atoms with Gasteiger partial charge in [0, 0.05) is 15.8 Å². The standard InChI is InChI=1S/C15H23F3N2S/c1-2-12-6-7-13(21-12)9-14(20-19)10-4-3-5-11(8-10)15(16,17)18/h6-7,10-11,14,20H,2-5,8-9,19H2,1H3. The summed E-state index contributed by atoms with van der Waals surface area (Å²) in [6.45, 7) is 2.10. The summed E-state index contributed by atoms with van der Waals surface area (Å²) in [5.74, 6) is 4.46. The molecule has 21 heavy (non-hydrogen) atoms. The lowest BCUT2D eigenvalue weighted by atomic mass is 9.76. The van der Waals surface area contributed by atoms with Crippen molar-refractivity contribution in [3.05, 3.63) is 21.9 Å². The molecule has 0 aromatic carbocycles. The van der Waals surface area contributed by atoms with Gasteiger partial charge in [0.05, 0.1) is 5.92 Å². The maximum absolute atomic E-state index is 12.9. The molecular formula is C15H23F3N2S. The number of rotatable bonds is 5. The molecule has 2 rings (SSSR count). The maximum Gasteiger partial charge on any atom is 0.391 e. The fourth-order valence-electron chi connectivity index (χ4n) is 3.19. The zero-order valence-corrected chi connectivity index (χ0v) is 13.1. The van der Waals surface area contributed by atoms with Gasteiger partial charge in [-0.1, -0.05) is 13.3 Å². The Kier molecular flexibility index (Phi) is 5.68. The quantitative estimate of drug-likeness (QED) is 0.634. The average Bonchev–Trinajstić information content (AvgIpc) is 2.91. The average molecular weight is 320 g/mol. The van der Waals surface area contributed by atoms with E-state index in [9.17, 15) is 13.2 Å². The molecule has 3 N–H and O–H groups in total. The third-order valence-electron chi connectivity index (χ3n) is 4.45. The zero-order valence-electron chi connectivity index (χ0n) is 12.2. The van der Waals surface area contributed by atoms with E-state index < -0.39 is 12.1 Å². The highest BCUT2D eigenvalue weighted by Gasteiger charge is 2.43. The predicted octanol–water partition coefficient (Wildman–Crippen LogP) is 4.05. The molecule has 3 unspecified atom stereocenters. The van der Waals surface area contributed by atoms with Crippen molar-refractivity contribution in [3.63, 3.8) is 0 Å². The van der Waals surface area contributed by atoms with E-state index in [0.717, 1.165) is 19.3 Å². The highest BCUT2D eigenvalue weighted by molar-refractivity contribution is 7.11. The lowest BCUT2D eigenvalue weighted by Crippen LogP contribution is -2.45. The fourth-order valence-corrected chi connectivity index (χ4v) is 4.21. The van der Waals surface area contributed by atoms with E-state index in [1.165, 1.54) is 9.75 Å². The summed E-state index contributed by atoms with van der Waals surface area (Å²) >= 11 is 1.73. The molecule has 2 nitrogen and oxygen atoms in total. The minimum Gasteiger partial charge on any atom is -0.271 e. The topological polar surface area (TPSA) is 38.0 Å². The van der Waals surface area contributed by atoms with E-state index in [1.54, 1.807) is 11.3 Å². The summed E-state index contributed by atoms with van der Waals surface area (Å²) in [7, 11) is 0. The maximum atomic E-state index is 12.9. The molecule has 1 aliphatic rings. The Labute approximate surface area is 127 Å². The van der Waals surface area contributed by atoms with Crippen molar-refractivity contribution >= 4 is 11.3 Å². The van der Waals surface area contributed by atoms with Crippen molar-refractivity contribution in [1.82, 2.24) is 5.43 Å². The Morgan fingerprint density at radius 2 is 2.05 bits per heavy atom. The van der Waals surface area contributed by atoms with Gasteiger partial charge >= 0.3 is 6.18 Å². The Hall–Kier alpha value is -0.590. The molecule has 1 aromatic heterocycles. The highest BCUT2D eigenvalue weighted by Crippen LogP contribution is 2.41. The van der Waals surface area contributed by atoms with Crippen molar-refractivity contribution in [2.45, 2.75) is 57.7 Å². The van der Waals surface area contributed by atoms with E-state index >= 15 is 0 Å². The summed E-state index contributed by atoms with van der Waals surface area (Å²) in [6.07, 6.45) is -0.441. The molecule has 3 atom stereocenters. The van der Waals surface area contributed by atoms with Crippen LogP contribution in [0.3, 0.4) is 0 Å². The molecule has 0 spiro atoms. The Bertz CT molecular complexity index is 444. The van der Waals surface area contributed by atoms with Crippen LogP contribution in [0.5, 0.6) is 0 Å². The van der Waals surface area contributed by atoms with Gasteiger partial charge in [0.1, 0.15) is 0 Å². The summed E-state index contributed by atoms with van der Waals surface area (Å²) in [5.41, 5.74) is 2.76. The van der Waals surface area contributed by atoms with Gasteiger partial charge in [-0.3, -0.25) is 11.3 Å². The number of thiophene rings is 1. The second-order valence-electron chi connectivity index (χ2n) is 5.86. The first-order valence-electron chi connectivity index (χ1n) is 7.54. The van der Waals surface area contributed by atoms with Crippen LogP contribution in [-0.4, -0.2) is 12.2 Å². The molecule has 0 saturated heterocycles. The van der Waals surface area contributed by atoms with E-state index in [1.807, 2.05) is 0 Å². The van der Waals surface area contributed by atoms with Crippen LogP contribution in [0.2, 0.25) is 0 Å². The van der Waals surface area contributed by atoms with Crippen LogP contribution in [0.25, 0.3) is 0 Å². The lowest BCUT2D eigenvalue weighted by molar-refractivity contribution is -0.186. The van der Waals surface area contributed by atoms with E-state index in [0.29, 0.717) is 6.42 Å². The molecule has 1 heterocycles. The van der Waals surface area contributed by atoms with Crippen LogP contribution < -0.4 is 11.3 Å². The van der Waals surface area contributed by atoms with Crippen molar-refractivity contribution in [1.29, 1.82) is 0 Å². The van der Waals surface area contributed by atoms with Gasteiger partial charge in [-0.15, -0.1) is 11.3 Å². The number of nitrogens with one attached hydrogen (secondary N) is 1. The first-order valence-corrected chi connectivity index (χ1v) is 8.36. The van der Waals surface area contributed by atoms with Gasteiger partial charge in [0.15, 0.2) is 0 Å². The van der Waals surface area contributed by atoms with Crippen LogP contribution in [0.1, 0.15) is 42.4 Å². The van der Waals surface area contributed by atoms with Crippen molar-refractivity contribution in [2.24, 2.45) is 17.7 Å². The normalized spacial score (nSPS) is 25.0. The number of nitrogens with two attached hydrogens (primary N) is 1. The molecule has 120 valence electrons. The number of hydrogen-bond acceptors (Lipinski definition) is 3. The van der Waals surface area contributed by atoms with Crippen LogP contribution in [0, 0.1) is 11.8 Å². The Morgan fingerprint density at radius 1 is 1.33 bits per heavy atom. The third-order valence-corrected chi connectivity index (χ3v) is 5.70. The molecule has 1 aliphatic carbocycles. The summed E-state index contributed by atoms with van der Waals surface area (Å²) in [4.78, 5) is 2.50. The molecule has 6 heteroatoms. The summed E-state index contributed by atoms with van der Waals surface area (Å²) in [5, 5.41) is 0. The zero-order chi connectivity index (χ0) is 15.5. The number of aryl methyl sites for hydroxylation is 1. The summed E-state index contributed by atoms with van der Waals surface area (Å²) in [6, 6.07) is 4.09. The molecule has 1 fully saturated rings. The number of hydrogen-bond donors (Lipinski definition) is 2. The van der Waals surface area contributed by atoms with Gasteiger partial charge in [-0.05, 0) is 50.2 Å². The largest absolute Gasteiger partial charge is 0.391 e. The fraction of sp³-hybridized carbons (Fsp3) is 0.733. The van der Waals surface area contributed by atoms with Crippen molar-refractivity contribution in [3.8, 4) is 0 Å². The van der Waals surface area contributed by atoms with Gasteiger partial charge in [0.2, 0.25) is 0 Å². The monoisotopic (exact) mass is 320 g/mol. The third kappa shape index (κ3) is 4.44. The van der Waals surface area contributed by atoms with Gasteiger partial charge in [-0.2, -0.15) is 13.2 Å². The van der Waals surface area contributed by atoms with Crippen LogP contribution in [0.4, 0.5) is 13.2 Å². The van der Waals surface area contributed by atoms with Gasteiger partial charge in [-0.25, -0.2) is 0 Å². The smallest absolute Gasteiger partial charge is 0.271 e. The van der Waals surface area contributed by atoms with E-state index in [-0.39, 0.29) is 24.8 Å². The second kappa shape index (κ2) is 7.11. The first-order chi connectivity index (χ1) is 9.94. The first kappa shape index (κ1) is 16.8. The van der Waals surface area contributed by atoms with E-state index in [4.69, 9.17) is 5.84 Å². The molecule has 0 bridgehead atoms. The van der Waals surface area contributed by atoms with E-state index in [2.05, 4.69) is 24.5 Å².